The number of esters is 1. The third-order valence-corrected chi connectivity index (χ3v) is 3.98. The molecule has 7 heteroatoms. The molecule has 1 aromatic heterocycles. The van der Waals surface area contributed by atoms with Crippen molar-refractivity contribution >= 4 is 17.7 Å². The minimum atomic E-state index is -0.369. The third-order valence-electron chi connectivity index (χ3n) is 3.00. The summed E-state index contributed by atoms with van der Waals surface area (Å²) < 4.78 is 6.06. The van der Waals surface area contributed by atoms with Crippen LogP contribution >= 0.6 is 11.8 Å². The van der Waals surface area contributed by atoms with Gasteiger partial charge in [-0.3, -0.25) is 4.79 Å². The summed E-state index contributed by atoms with van der Waals surface area (Å²) in [5, 5.41) is 11.9. The number of aryl methyl sites for hydroxylation is 2. The Morgan fingerprint density at radius 2 is 2.05 bits per heavy atom. The summed E-state index contributed by atoms with van der Waals surface area (Å²) in [6.07, 6.45) is 0. The van der Waals surface area contributed by atoms with E-state index in [4.69, 9.17) is 0 Å². The molecule has 20 heavy (non-hydrogen) atoms. The highest BCUT2D eigenvalue weighted by Gasteiger charge is 2.12. The van der Waals surface area contributed by atoms with Crippen LogP contribution in [0.5, 0.6) is 0 Å². The molecular weight excluding hydrogens is 276 g/mol. The number of aromatic nitrogens is 4. The second kappa shape index (κ2) is 6.51. The number of carbonyl (C=O) groups excluding carboxylic acids is 1. The molecule has 0 N–H and O–H groups in total. The van der Waals surface area contributed by atoms with Gasteiger partial charge in [0.1, 0.15) is 6.54 Å². The molecule has 0 radical (unpaired) electrons. The summed E-state index contributed by atoms with van der Waals surface area (Å²) in [5.41, 5.74) is 3.75. The molecule has 0 saturated heterocycles. The monoisotopic (exact) mass is 292 g/mol. The van der Waals surface area contributed by atoms with Crippen molar-refractivity contribution < 1.29 is 9.53 Å². The Labute approximate surface area is 121 Å². The molecule has 1 aromatic carbocycles. The normalized spacial score (nSPS) is 10.6. The van der Waals surface area contributed by atoms with E-state index in [1.165, 1.54) is 40.2 Å². The standard InChI is InChI=1S/C13H16N4O2S/c1-9-5-4-6-10(2)11(9)8-20-13-14-15-16-17(13)7-12(18)19-3/h4-6H,7-8H2,1-3H3. The van der Waals surface area contributed by atoms with E-state index in [1.807, 2.05) is 6.07 Å². The first-order chi connectivity index (χ1) is 9.61. The van der Waals surface area contributed by atoms with Crippen molar-refractivity contribution in [3.05, 3.63) is 34.9 Å². The average Bonchev–Trinajstić information content (AvgIpc) is 2.85. The maximum absolute atomic E-state index is 11.3. The van der Waals surface area contributed by atoms with E-state index in [1.54, 1.807) is 0 Å². The summed E-state index contributed by atoms with van der Waals surface area (Å²) in [6, 6.07) is 6.21. The van der Waals surface area contributed by atoms with Crippen molar-refractivity contribution in [3.8, 4) is 0 Å². The van der Waals surface area contributed by atoms with Crippen molar-refractivity contribution in [2.45, 2.75) is 31.3 Å². The van der Waals surface area contributed by atoms with Crippen LogP contribution in [0.2, 0.25) is 0 Å². The van der Waals surface area contributed by atoms with Gasteiger partial charge in [-0.05, 0) is 41.0 Å². The number of thioether (sulfide) groups is 1. The Balaban J connectivity index is 2.08. The molecule has 0 unspecified atom stereocenters. The van der Waals surface area contributed by atoms with Gasteiger partial charge in [0, 0.05) is 5.75 Å². The molecule has 0 fully saturated rings. The van der Waals surface area contributed by atoms with E-state index < -0.39 is 0 Å². The molecule has 0 bridgehead atoms. The summed E-state index contributed by atoms with van der Waals surface area (Å²) in [6.45, 7) is 4.19. The van der Waals surface area contributed by atoms with Crippen LogP contribution in [-0.2, 0) is 21.8 Å². The Morgan fingerprint density at radius 3 is 2.70 bits per heavy atom. The Bertz CT molecular complexity index is 592. The van der Waals surface area contributed by atoms with Crippen LogP contribution in [0.4, 0.5) is 0 Å². The summed E-state index contributed by atoms with van der Waals surface area (Å²) >= 11 is 1.51. The summed E-state index contributed by atoms with van der Waals surface area (Å²) in [5.74, 6) is 0.395. The van der Waals surface area contributed by atoms with Crippen LogP contribution in [0.15, 0.2) is 23.4 Å². The fourth-order valence-corrected chi connectivity index (χ4v) is 2.87. The van der Waals surface area contributed by atoms with Gasteiger partial charge >= 0.3 is 5.97 Å². The number of carbonyl (C=O) groups is 1. The first-order valence-electron chi connectivity index (χ1n) is 6.12. The van der Waals surface area contributed by atoms with Gasteiger partial charge in [-0.2, -0.15) is 0 Å². The topological polar surface area (TPSA) is 69.9 Å². The number of nitrogens with zero attached hydrogens (tertiary/aromatic N) is 4. The molecule has 106 valence electrons. The average molecular weight is 292 g/mol. The molecule has 2 rings (SSSR count). The van der Waals surface area contributed by atoms with E-state index in [2.05, 4.69) is 46.2 Å². The van der Waals surface area contributed by atoms with Crippen molar-refractivity contribution in [3.63, 3.8) is 0 Å². The Morgan fingerprint density at radius 1 is 1.35 bits per heavy atom. The Kier molecular flexibility index (Phi) is 4.73. The van der Waals surface area contributed by atoms with E-state index in [9.17, 15) is 4.79 Å². The fraction of sp³-hybridized carbons (Fsp3) is 0.385. The Hall–Kier alpha value is -1.89. The zero-order chi connectivity index (χ0) is 14.5. The molecule has 0 aliphatic carbocycles. The van der Waals surface area contributed by atoms with Gasteiger partial charge in [0.05, 0.1) is 7.11 Å². The zero-order valence-electron chi connectivity index (χ0n) is 11.7. The molecule has 0 amide bonds. The molecule has 2 aromatic rings. The quantitative estimate of drug-likeness (QED) is 0.618. The minimum absolute atomic E-state index is 0.0264. The zero-order valence-corrected chi connectivity index (χ0v) is 12.5. The molecule has 0 saturated carbocycles. The molecule has 0 atom stereocenters. The van der Waals surface area contributed by atoms with Crippen LogP contribution in [0, 0.1) is 13.8 Å². The molecule has 0 spiro atoms. The van der Waals surface area contributed by atoms with Gasteiger partial charge in [0.2, 0.25) is 5.16 Å². The van der Waals surface area contributed by atoms with E-state index in [0.29, 0.717) is 5.16 Å². The number of tetrazole rings is 1. The van der Waals surface area contributed by atoms with Gasteiger partial charge in [-0.25, -0.2) is 4.68 Å². The highest BCUT2D eigenvalue weighted by Crippen LogP contribution is 2.24. The number of rotatable bonds is 5. The largest absolute Gasteiger partial charge is 0.468 e. The lowest BCUT2D eigenvalue weighted by Gasteiger charge is -2.08. The maximum Gasteiger partial charge on any atom is 0.327 e. The number of hydrogen-bond donors (Lipinski definition) is 0. The lowest BCUT2D eigenvalue weighted by Crippen LogP contribution is -2.13. The third kappa shape index (κ3) is 3.36. The highest BCUT2D eigenvalue weighted by molar-refractivity contribution is 7.98. The van der Waals surface area contributed by atoms with Gasteiger partial charge in [-0.15, -0.1) is 5.10 Å². The lowest BCUT2D eigenvalue weighted by atomic mass is 10.1. The minimum Gasteiger partial charge on any atom is -0.468 e. The van der Waals surface area contributed by atoms with Crippen LogP contribution in [0.3, 0.4) is 0 Å². The second-order valence-electron chi connectivity index (χ2n) is 4.35. The van der Waals surface area contributed by atoms with E-state index in [-0.39, 0.29) is 12.5 Å². The van der Waals surface area contributed by atoms with Crippen molar-refractivity contribution in [2.24, 2.45) is 0 Å². The van der Waals surface area contributed by atoms with Crippen molar-refractivity contribution in [2.75, 3.05) is 7.11 Å². The molecular formula is C13H16N4O2S. The van der Waals surface area contributed by atoms with Crippen molar-refractivity contribution in [1.82, 2.24) is 20.2 Å². The number of hydrogen-bond acceptors (Lipinski definition) is 6. The van der Waals surface area contributed by atoms with Gasteiger partial charge in [0.25, 0.3) is 0 Å². The molecule has 6 nitrogen and oxygen atoms in total. The fourth-order valence-electron chi connectivity index (χ4n) is 1.80. The van der Waals surface area contributed by atoms with Crippen LogP contribution in [0.25, 0.3) is 0 Å². The van der Waals surface area contributed by atoms with Crippen molar-refractivity contribution in [1.29, 1.82) is 0 Å². The first-order valence-corrected chi connectivity index (χ1v) is 7.11. The smallest absolute Gasteiger partial charge is 0.327 e. The number of methoxy groups -OCH3 is 1. The van der Waals surface area contributed by atoms with Crippen LogP contribution in [-0.4, -0.2) is 33.3 Å². The van der Waals surface area contributed by atoms with Gasteiger partial charge in [-0.1, -0.05) is 30.0 Å². The second-order valence-corrected chi connectivity index (χ2v) is 5.30. The predicted molar refractivity (Wildman–Crippen MR) is 75.3 cm³/mol. The van der Waals surface area contributed by atoms with Crippen LogP contribution in [0.1, 0.15) is 16.7 Å². The first kappa shape index (κ1) is 14.5. The van der Waals surface area contributed by atoms with E-state index in [0.717, 1.165) is 5.75 Å². The van der Waals surface area contributed by atoms with Crippen LogP contribution < -0.4 is 0 Å². The predicted octanol–water partition coefficient (Wildman–Crippen LogP) is 1.76. The molecule has 0 aliphatic heterocycles. The highest BCUT2D eigenvalue weighted by atomic mass is 32.2. The molecule has 1 heterocycles. The lowest BCUT2D eigenvalue weighted by molar-refractivity contribution is -0.141. The number of ether oxygens (including phenoxy) is 1. The summed E-state index contributed by atoms with van der Waals surface area (Å²) in [7, 11) is 1.34. The summed E-state index contributed by atoms with van der Waals surface area (Å²) in [4.78, 5) is 11.3. The van der Waals surface area contributed by atoms with E-state index >= 15 is 0 Å². The van der Waals surface area contributed by atoms with Gasteiger partial charge < -0.3 is 4.74 Å². The number of benzene rings is 1. The maximum atomic E-state index is 11.3. The molecule has 0 aliphatic rings. The van der Waals surface area contributed by atoms with Gasteiger partial charge in [0.15, 0.2) is 0 Å². The SMILES string of the molecule is COC(=O)Cn1nnnc1SCc1c(C)cccc1C.